The summed E-state index contributed by atoms with van der Waals surface area (Å²) in [6.07, 6.45) is 0.790. The number of ketones is 1. The molecule has 7 nitrogen and oxygen atoms in total. The van der Waals surface area contributed by atoms with Crippen molar-refractivity contribution in [2.24, 2.45) is 5.92 Å². The molecule has 0 saturated carbocycles. The molecule has 120 valence electrons. The van der Waals surface area contributed by atoms with Gasteiger partial charge in [0, 0.05) is 24.1 Å². The molecule has 1 aromatic carbocycles. The molecular formula is C15H20N2O5. The zero-order chi connectivity index (χ0) is 16.7. The first-order valence-corrected chi connectivity index (χ1v) is 7.09. The van der Waals surface area contributed by atoms with Gasteiger partial charge in [-0.3, -0.25) is 19.7 Å². The van der Waals surface area contributed by atoms with Gasteiger partial charge in [0.05, 0.1) is 4.92 Å². The van der Waals surface area contributed by atoms with Gasteiger partial charge in [-0.1, -0.05) is 20.8 Å². The number of benzene rings is 1. The Labute approximate surface area is 128 Å². The van der Waals surface area contributed by atoms with E-state index in [0.717, 1.165) is 6.42 Å². The zero-order valence-electron chi connectivity index (χ0n) is 12.9. The maximum absolute atomic E-state index is 11.9. The van der Waals surface area contributed by atoms with Gasteiger partial charge in [0.15, 0.2) is 18.1 Å². The summed E-state index contributed by atoms with van der Waals surface area (Å²) in [6, 6.07) is 4.00. The molecule has 0 radical (unpaired) electrons. The average Bonchev–Trinajstić information content (AvgIpc) is 2.49. The molecule has 0 aromatic heterocycles. The molecule has 1 rings (SSSR count). The second-order valence-electron chi connectivity index (χ2n) is 5.10. The molecular weight excluding hydrogens is 288 g/mol. The number of nitrogens with one attached hydrogen (secondary N) is 1. The average molecular weight is 308 g/mol. The zero-order valence-corrected chi connectivity index (χ0v) is 12.9. The number of nitro groups is 1. The monoisotopic (exact) mass is 308 g/mol. The lowest BCUT2D eigenvalue weighted by atomic mass is 10.0. The summed E-state index contributed by atoms with van der Waals surface area (Å²) >= 11 is 0. The van der Waals surface area contributed by atoms with Gasteiger partial charge in [-0.15, -0.1) is 0 Å². The van der Waals surface area contributed by atoms with E-state index in [1.807, 2.05) is 6.92 Å². The number of nitrogens with zero attached hydrogens (tertiary/aromatic N) is 1. The van der Waals surface area contributed by atoms with Crippen molar-refractivity contribution < 1.29 is 19.2 Å². The molecule has 0 aliphatic carbocycles. The third kappa shape index (κ3) is 4.83. The molecule has 0 unspecified atom stereocenters. The minimum Gasteiger partial charge on any atom is -0.477 e. The van der Waals surface area contributed by atoms with Gasteiger partial charge >= 0.3 is 5.69 Å². The molecule has 1 amide bonds. The number of carbonyl (C=O) groups excluding carboxylic acids is 2. The molecule has 1 aromatic rings. The molecule has 0 saturated heterocycles. The van der Waals surface area contributed by atoms with Crippen LogP contribution >= 0.6 is 0 Å². The van der Waals surface area contributed by atoms with Crippen molar-refractivity contribution in [2.45, 2.75) is 27.2 Å². The van der Waals surface area contributed by atoms with Gasteiger partial charge in [0.25, 0.3) is 5.91 Å². The van der Waals surface area contributed by atoms with Crippen LogP contribution < -0.4 is 10.1 Å². The fourth-order valence-electron chi connectivity index (χ4n) is 1.73. The first-order valence-electron chi connectivity index (χ1n) is 7.09. The van der Waals surface area contributed by atoms with E-state index < -0.39 is 4.92 Å². The molecule has 0 bridgehead atoms. The van der Waals surface area contributed by atoms with Crippen LogP contribution in [0.3, 0.4) is 0 Å². The van der Waals surface area contributed by atoms with Crippen molar-refractivity contribution in [1.82, 2.24) is 5.32 Å². The van der Waals surface area contributed by atoms with E-state index in [1.165, 1.54) is 18.2 Å². The lowest BCUT2D eigenvalue weighted by Crippen LogP contribution is -2.29. The predicted octanol–water partition coefficient (Wildman–Crippen LogP) is 2.34. The second-order valence-corrected chi connectivity index (χ2v) is 5.10. The SMILES string of the molecule is CCCNC(=O)COc1ccc(C(=O)C(C)C)cc1[N+](=O)[O-]. The summed E-state index contributed by atoms with van der Waals surface area (Å²) in [5.74, 6) is -0.822. The largest absolute Gasteiger partial charge is 0.477 e. The van der Waals surface area contributed by atoms with Crippen LogP contribution in [0.5, 0.6) is 5.75 Å². The van der Waals surface area contributed by atoms with Gasteiger partial charge in [0.2, 0.25) is 0 Å². The number of amides is 1. The van der Waals surface area contributed by atoms with Crippen LogP contribution in [-0.2, 0) is 4.79 Å². The molecule has 0 fully saturated rings. The lowest BCUT2D eigenvalue weighted by molar-refractivity contribution is -0.385. The van der Waals surface area contributed by atoms with E-state index in [4.69, 9.17) is 4.74 Å². The van der Waals surface area contributed by atoms with Crippen LogP contribution in [0.4, 0.5) is 5.69 Å². The molecule has 1 N–H and O–H groups in total. The van der Waals surface area contributed by atoms with Crippen LogP contribution in [0, 0.1) is 16.0 Å². The van der Waals surface area contributed by atoms with E-state index >= 15 is 0 Å². The molecule has 0 heterocycles. The summed E-state index contributed by atoms with van der Waals surface area (Å²) in [5.41, 5.74) is -0.0701. The molecule has 0 aliphatic heterocycles. The third-order valence-corrected chi connectivity index (χ3v) is 2.90. The van der Waals surface area contributed by atoms with Crippen LogP contribution in [0.15, 0.2) is 18.2 Å². The molecule has 0 aliphatic rings. The highest BCUT2D eigenvalue weighted by molar-refractivity contribution is 5.98. The van der Waals surface area contributed by atoms with Gasteiger partial charge in [0.1, 0.15) is 0 Å². The Hall–Kier alpha value is -2.44. The van der Waals surface area contributed by atoms with Crippen molar-refractivity contribution in [3.8, 4) is 5.75 Å². The first-order chi connectivity index (χ1) is 10.4. The van der Waals surface area contributed by atoms with E-state index in [9.17, 15) is 19.7 Å². The quantitative estimate of drug-likeness (QED) is 0.451. The second kappa shape index (κ2) is 8.11. The van der Waals surface area contributed by atoms with Crippen LogP contribution in [0.2, 0.25) is 0 Å². The number of carbonyl (C=O) groups is 2. The van der Waals surface area contributed by atoms with Crippen LogP contribution in [0.1, 0.15) is 37.6 Å². The molecule has 0 atom stereocenters. The highest BCUT2D eigenvalue weighted by Gasteiger charge is 2.20. The Morgan fingerprint density at radius 1 is 1.36 bits per heavy atom. The highest BCUT2D eigenvalue weighted by atomic mass is 16.6. The van der Waals surface area contributed by atoms with E-state index in [0.29, 0.717) is 6.54 Å². The van der Waals surface area contributed by atoms with Crippen LogP contribution in [0.25, 0.3) is 0 Å². The normalized spacial score (nSPS) is 10.4. The topological polar surface area (TPSA) is 98.5 Å². The first kappa shape index (κ1) is 17.6. The minimum atomic E-state index is -0.629. The summed E-state index contributed by atoms with van der Waals surface area (Å²) in [5, 5.41) is 13.7. The van der Waals surface area contributed by atoms with Crippen molar-refractivity contribution in [2.75, 3.05) is 13.2 Å². The smallest absolute Gasteiger partial charge is 0.311 e. The van der Waals surface area contributed by atoms with Crippen LogP contribution in [-0.4, -0.2) is 29.8 Å². The fraction of sp³-hybridized carbons (Fsp3) is 0.467. The number of Topliss-reactive ketones (excluding diaryl/α,β-unsaturated/α-hetero) is 1. The molecule has 0 spiro atoms. The van der Waals surface area contributed by atoms with E-state index in [1.54, 1.807) is 13.8 Å². The Balaban J connectivity index is 2.89. The van der Waals surface area contributed by atoms with E-state index in [-0.39, 0.29) is 41.2 Å². The van der Waals surface area contributed by atoms with Gasteiger partial charge in [-0.2, -0.15) is 0 Å². The number of hydrogen-bond donors (Lipinski definition) is 1. The van der Waals surface area contributed by atoms with Crippen molar-refractivity contribution in [3.63, 3.8) is 0 Å². The predicted molar refractivity (Wildman–Crippen MR) is 81.1 cm³/mol. The van der Waals surface area contributed by atoms with Gasteiger partial charge < -0.3 is 10.1 Å². The Bertz CT molecular complexity index is 569. The highest BCUT2D eigenvalue weighted by Crippen LogP contribution is 2.28. The number of ether oxygens (including phenoxy) is 1. The van der Waals surface area contributed by atoms with Crippen molar-refractivity contribution in [3.05, 3.63) is 33.9 Å². The summed E-state index contributed by atoms with van der Waals surface area (Å²) in [6.45, 7) is 5.56. The maximum Gasteiger partial charge on any atom is 0.311 e. The minimum absolute atomic E-state index is 0.0306. The number of rotatable bonds is 8. The lowest BCUT2D eigenvalue weighted by Gasteiger charge is -2.09. The molecule has 22 heavy (non-hydrogen) atoms. The van der Waals surface area contributed by atoms with E-state index in [2.05, 4.69) is 5.32 Å². The Morgan fingerprint density at radius 2 is 2.05 bits per heavy atom. The third-order valence-electron chi connectivity index (χ3n) is 2.90. The fourth-order valence-corrected chi connectivity index (χ4v) is 1.73. The summed E-state index contributed by atoms with van der Waals surface area (Å²) in [7, 11) is 0. The van der Waals surface area contributed by atoms with Crippen molar-refractivity contribution >= 4 is 17.4 Å². The van der Waals surface area contributed by atoms with Crippen molar-refractivity contribution in [1.29, 1.82) is 0 Å². The standard InChI is InChI=1S/C15H20N2O5/c1-4-7-16-14(18)9-22-13-6-5-11(15(19)10(2)3)8-12(13)17(20)21/h5-6,8,10H,4,7,9H2,1-3H3,(H,16,18). The Morgan fingerprint density at radius 3 is 2.59 bits per heavy atom. The van der Waals surface area contributed by atoms with Gasteiger partial charge in [-0.05, 0) is 18.6 Å². The number of hydrogen-bond acceptors (Lipinski definition) is 5. The Kier molecular flexibility index (Phi) is 6.49. The molecule has 7 heteroatoms. The van der Waals surface area contributed by atoms with Gasteiger partial charge in [-0.25, -0.2) is 0 Å². The maximum atomic E-state index is 11.9. The summed E-state index contributed by atoms with van der Waals surface area (Å²) < 4.78 is 5.19. The number of nitro benzene ring substituents is 1. The summed E-state index contributed by atoms with van der Waals surface area (Å²) in [4.78, 5) is 33.8.